The van der Waals surface area contributed by atoms with Gasteiger partial charge in [0.1, 0.15) is 5.82 Å². The second kappa shape index (κ2) is 3.38. The summed E-state index contributed by atoms with van der Waals surface area (Å²) in [7, 11) is 0. The first-order chi connectivity index (χ1) is 6.66. The zero-order valence-corrected chi connectivity index (χ0v) is 8.05. The van der Waals surface area contributed by atoms with Crippen molar-refractivity contribution in [3.8, 4) is 11.5 Å². The first-order valence-corrected chi connectivity index (χ1v) is 4.30. The van der Waals surface area contributed by atoms with Gasteiger partial charge in [0.05, 0.1) is 5.56 Å². The summed E-state index contributed by atoms with van der Waals surface area (Å²) in [6.45, 7) is 1.85. The van der Waals surface area contributed by atoms with E-state index in [-0.39, 0.29) is 16.7 Å². The third-order valence-corrected chi connectivity index (χ3v) is 1.91. The number of hydrogen-bond acceptors (Lipinski definition) is 3. The van der Waals surface area contributed by atoms with E-state index in [1.54, 1.807) is 12.1 Å². The van der Waals surface area contributed by atoms with Crippen LogP contribution in [0.3, 0.4) is 0 Å². The minimum absolute atomic E-state index is 0.0269. The SMILES string of the molecule is Cc1ccc(F)c(-c2nc(Cl)no2)c1. The van der Waals surface area contributed by atoms with Gasteiger partial charge in [0, 0.05) is 0 Å². The molecule has 0 N–H and O–H groups in total. The average molecular weight is 213 g/mol. The van der Waals surface area contributed by atoms with Crippen LogP contribution in [0.4, 0.5) is 4.39 Å². The van der Waals surface area contributed by atoms with E-state index in [0.717, 1.165) is 5.56 Å². The lowest BCUT2D eigenvalue weighted by Crippen LogP contribution is -1.85. The predicted octanol–water partition coefficient (Wildman–Crippen LogP) is 2.84. The lowest BCUT2D eigenvalue weighted by atomic mass is 10.1. The minimum atomic E-state index is -0.407. The van der Waals surface area contributed by atoms with Crippen LogP contribution >= 0.6 is 11.6 Å². The van der Waals surface area contributed by atoms with Gasteiger partial charge in [0.15, 0.2) is 0 Å². The van der Waals surface area contributed by atoms with Crippen LogP contribution in [0.25, 0.3) is 11.5 Å². The van der Waals surface area contributed by atoms with Crippen LogP contribution in [-0.4, -0.2) is 10.1 Å². The highest BCUT2D eigenvalue weighted by Gasteiger charge is 2.12. The molecule has 1 heterocycles. The van der Waals surface area contributed by atoms with Gasteiger partial charge < -0.3 is 4.52 Å². The van der Waals surface area contributed by atoms with Crippen molar-refractivity contribution in [1.29, 1.82) is 0 Å². The third-order valence-electron chi connectivity index (χ3n) is 1.75. The van der Waals surface area contributed by atoms with Gasteiger partial charge in [-0.2, -0.15) is 4.98 Å². The van der Waals surface area contributed by atoms with Crippen LogP contribution in [0.5, 0.6) is 0 Å². The van der Waals surface area contributed by atoms with Crippen LogP contribution in [-0.2, 0) is 0 Å². The van der Waals surface area contributed by atoms with Crippen molar-refractivity contribution in [2.75, 3.05) is 0 Å². The molecule has 3 nitrogen and oxygen atoms in total. The monoisotopic (exact) mass is 212 g/mol. The number of aryl methyl sites for hydroxylation is 1. The molecule has 0 fully saturated rings. The second-order valence-electron chi connectivity index (χ2n) is 2.85. The molecule has 0 atom stereocenters. The Morgan fingerprint density at radius 2 is 2.21 bits per heavy atom. The zero-order valence-electron chi connectivity index (χ0n) is 7.29. The maximum Gasteiger partial charge on any atom is 0.264 e. The molecule has 2 rings (SSSR count). The average Bonchev–Trinajstić information content (AvgIpc) is 2.56. The summed E-state index contributed by atoms with van der Waals surface area (Å²) in [6, 6.07) is 4.64. The van der Waals surface area contributed by atoms with E-state index >= 15 is 0 Å². The Balaban J connectivity index is 2.55. The Morgan fingerprint density at radius 1 is 1.43 bits per heavy atom. The van der Waals surface area contributed by atoms with E-state index in [0.29, 0.717) is 0 Å². The summed E-state index contributed by atoms with van der Waals surface area (Å²) in [5.74, 6) is -0.313. The highest BCUT2D eigenvalue weighted by molar-refractivity contribution is 6.28. The van der Waals surface area contributed by atoms with Gasteiger partial charge >= 0.3 is 0 Å². The summed E-state index contributed by atoms with van der Waals surface area (Å²) in [5.41, 5.74) is 1.18. The molecule has 72 valence electrons. The number of halogens is 2. The van der Waals surface area contributed by atoms with Crippen molar-refractivity contribution >= 4 is 11.6 Å². The van der Waals surface area contributed by atoms with Crippen LogP contribution in [0, 0.1) is 12.7 Å². The zero-order chi connectivity index (χ0) is 10.1. The molecule has 0 unspecified atom stereocenters. The minimum Gasteiger partial charge on any atom is -0.333 e. The summed E-state index contributed by atoms with van der Waals surface area (Å²) in [6.07, 6.45) is 0. The van der Waals surface area contributed by atoms with Gasteiger partial charge in [0.25, 0.3) is 11.2 Å². The molecular weight excluding hydrogens is 207 g/mol. The quantitative estimate of drug-likeness (QED) is 0.730. The molecule has 0 saturated carbocycles. The van der Waals surface area contributed by atoms with Gasteiger partial charge in [-0.3, -0.25) is 0 Å². The van der Waals surface area contributed by atoms with E-state index < -0.39 is 5.82 Å². The molecular formula is C9H6ClFN2O. The number of benzene rings is 1. The summed E-state index contributed by atoms with van der Waals surface area (Å²) in [4.78, 5) is 3.73. The standard InChI is InChI=1S/C9H6ClFN2O/c1-5-2-3-7(11)6(4-5)8-12-9(10)13-14-8/h2-4H,1H3. The van der Waals surface area contributed by atoms with E-state index in [1.165, 1.54) is 6.07 Å². The van der Waals surface area contributed by atoms with Gasteiger partial charge in [-0.05, 0) is 35.8 Å². The highest BCUT2D eigenvalue weighted by Crippen LogP contribution is 2.22. The van der Waals surface area contributed by atoms with Gasteiger partial charge in [0.2, 0.25) is 0 Å². The largest absolute Gasteiger partial charge is 0.333 e. The topological polar surface area (TPSA) is 38.9 Å². The van der Waals surface area contributed by atoms with Crippen molar-refractivity contribution < 1.29 is 8.91 Å². The first kappa shape index (κ1) is 9.15. The second-order valence-corrected chi connectivity index (χ2v) is 3.19. The molecule has 0 aliphatic heterocycles. The van der Waals surface area contributed by atoms with Crippen molar-refractivity contribution in [3.05, 3.63) is 34.9 Å². The molecule has 5 heteroatoms. The molecule has 0 saturated heterocycles. The molecule has 0 aliphatic rings. The Morgan fingerprint density at radius 3 is 2.86 bits per heavy atom. The normalized spacial score (nSPS) is 10.5. The fourth-order valence-electron chi connectivity index (χ4n) is 1.12. The molecule has 0 amide bonds. The Bertz CT molecular complexity index is 470. The predicted molar refractivity (Wildman–Crippen MR) is 49.4 cm³/mol. The molecule has 2 aromatic rings. The van der Waals surface area contributed by atoms with Crippen LogP contribution in [0.2, 0.25) is 5.28 Å². The maximum absolute atomic E-state index is 13.3. The van der Waals surface area contributed by atoms with Gasteiger partial charge in [-0.15, -0.1) is 0 Å². The van der Waals surface area contributed by atoms with E-state index in [2.05, 4.69) is 10.1 Å². The van der Waals surface area contributed by atoms with Crippen molar-refractivity contribution in [1.82, 2.24) is 10.1 Å². The number of nitrogens with zero attached hydrogens (tertiary/aromatic N) is 2. The van der Waals surface area contributed by atoms with Crippen LogP contribution in [0.1, 0.15) is 5.56 Å². The molecule has 1 aromatic heterocycles. The molecule has 0 spiro atoms. The highest BCUT2D eigenvalue weighted by atomic mass is 35.5. The number of rotatable bonds is 1. The molecule has 0 radical (unpaired) electrons. The molecule has 0 aliphatic carbocycles. The molecule has 14 heavy (non-hydrogen) atoms. The summed E-state index contributed by atoms with van der Waals surface area (Å²) in [5, 5.41) is 3.35. The lowest BCUT2D eigenvalue weighted by molar-refractivity contribution is 0.428. The van der Waals surface area contributed by atoms with Gasteiger partial charge in [-0.1, -0.05) is 11.6 Å². The molecule has 0 bridgehead atoms. The van der Waals surface area contributed by atoms with E-state index in [1.807, 2.05) is 6.92 Å². The first-order valence-electron chi connectivity index (χ1n) is 3.92. The Kier molecular flexibility index (Phi) is 2.21. The fourth-order valence-corrected chi connectivity index (χ4v) is 1.23. The molecule has 1 aromatic carbocycles. The lowest BCUT2D eigenvalue weighted by Gasteiger charge is -1.97. The van der Waals surface area contributed by atoms with E-state index in [9.17, 15) is 4.39 Å². The summed E-state index contributed by atoms with van der Waals surface area (Å²) < 4.78 is 18.0. The third kappa shape index (κ3) is 1.61. The fraction of sp³-hybridized carbons (Fsp3) is 0.111. The van der Waals surface area contributed by atoms with Crippen molar-refractivity contribution in [3.63, 3.8) is 0 Å². The van der Waals surface area contributed by atoms with Gasteiger partial charge in [-0.25, -0.2) is 4.39 Å². The van der Waals surface area contributed by atoms with Crippen molar-refractivity contribution in [2.24, 2.45) is 0 Å². The number of aromatic nitrogens is 2. The van der Waals surface area contributed by atoms with E-state index in [4.69, 9.17) is 16.1 Å². The smallest absolute Gasteiger partial charge is 0.264 e. The summed E-state index contributed by atoms with van der Waals surface area (Å²) >= 11 is 5.46. The Hall–Kier alpha value is -1.42. The number of hydrogen-bond donors (Lipinski definition) is 0. The maximum atomic E-state index is 13.3. The Labute approximate surface area is 84.5 Å². The van der Waals surface area contributed by atoms with Crippen LogP contribution in [0.15, 0.2) is 22.7 Å². The van der Waals surface area contributed by atoms with Crippen LogP contribution < -0.4 is 0 Å². The van der Waals surface area contributed by atoms with Crippen molar-refractivity contribution in [2.45, 2.75) is 6.92 Å².